The van der Waals surface area contributed by atoms with E-state index in [2.05, 4.69) is 66.5 Å². The molecule has 1 saturated carbocycles. The van der Waals surface area contributed by atoms with Crippen LogP contribution in [0, 0.1) is 25.7 Å². The van der Waals surface area contributed by atoms with Gasteiger partial charge in [-0.25, -0.2) is 8.93 Å². The molecule has 0 amide bonds. The van der Waals surface area contributed by atoms with Crippen molar-refractivity contribution < 1.29 is 9.32 Å². The highest BCUT2D eigenvalue weighted by Gasteiger charge is 2.24. The van der Waals surface area contributed by atoms with Crippen LogP contribution in [0.4, 0.5) is 0 Å². The van der Waals surface area contributed by atoms with E-state index in [1.807, 2.05) is 19.9 Å². The molecule has 2 aromatic rings. The van der Waals surface area contributed by atoms with E-state index in [-0.39, 0.29) is 11.4 Å². The summed E-state index contributed by atoms with van der Waals surface area (Å²) in [5, 5.41) is 9.62. The second-order valence-electron chi connectivity index (χ2n) is 8.53. The molecule has 3 rings (SSSR count). The first-order chi connectivity index (χ1) is 13.8. The largest absolute Gasteiger partial charge is 0.393 e. The predicted molar refractivity (Wildman–Crippen MR) is 124 cm³/mol. The second-order valence-corrected chi connectivity index (χ2v) is 10.4. The Morgan fingerprint density at radius 2 is 1.55 bits per heavy atom. The lowest BCUT2D eigenvalue weighted by atomic mass is 9.80. The first-order valence-electron chi connectivity index (χ1n) is 10.8. The molecule has 2 atom stereocenters. The third-order valence-electron chi connectivity index (χ3n) is 5.81. The zero-order chi connectivity index (χ0) is 21.4. The van der Waals surface area contributed by atoms with Crippen molar-refractivity contribution in [2.24, 2.45) is 11.8 Å². The van der Waals surface area contributed by atoms with E-state index in [1.54, 1.807) is 0 Å². The van der Waals surface area contributed by atoms with Crippen LogP contribution in [0.25, 0.3) is 5.69 Å². The number of benzene rings is 1. The van der Waals surface area contributed by atoms with E-state index in [9.17, 15) is 9.32 Å². The molecule has 0 aliphatic heterocycles. The van der Waals surface area contributed by atoms with Gasteiger partial charge in [0, 0.05) is 28.9 Å². The fourth-order valence-electron chi connectivity index (χ4n) is 3.87. The van der Waals surface area contributed by atoms with E-state index in [0.29, 0.717) is 11.8 Å². The van der Waals surface area contributed by atoms with Crippen LogP contribution in [-0.4, -0.2) is 31.8 Å². The highest BCUT2D eigenvalue weighted by Crippen LogP contribution is 2.29. The molecular formula is C24H38N2O2S. The molecule has 1 aliphatic rings. The van der Waals surface area contributed by atoms with Crippen molar-refractivity contribution >= 4 is 11.0 Å². The minimum absolute atomic E-state index is 0.0822. The molecule has 1 fully saturated rings. The van der Waals surface area contributed by atoms with Crippen LogP contribution in [0.1, 0.15) is 57.8 Å². The quantitative estimate of drug-likeness (QED) is 0.699. The lowest BCUT2D eigenvalue weighted by Gasteiger charge is -2.30. The van der Waals surface area contributed by atoms with Crippen LogP contribution in [0.3, 0.4) is 0 Å². The van der Waals surface area contributed by atoms with Gasteiger partial charge in [0.05, 0.1) is 17.1 Å². The summed E-state index contributed by atoms with van der Waals surface area (Å²) in [5.41, 5.74) is 3.80. The summed E-state index contributed by atoms with van der Waals surface area (Å²) in [4.78, 5) is 0. The van der Waals surface area contributed by atoms with Crippen molar-refractivity contribution in [1.82, 2.24) is 9.29 Å². The van der Waals surface area contributed by atoms with Gasteiger partial charge in [-0.2, -0.15) is 0 Å². The van der Waals surface area contributed by atoms with Crippen molar-refractivity contribution in [1.29, 1.82) is 0 Å². The van der Waals surface area contributed by atoms with Gasteiger partial charge < -0.3 is 9.67 Å². The maximum Gasteiger partial charge on any atom is 0.0941 e. The molecule has 0 radical (unpaired) electrons. The van der Waals surface area contributed by atoms with Crippen LogP contribution in [0.5, 0.6) is 0 Å². The maximum atomic E-state index is 11.5. The fourth-order valence-corrected chi connectivity index (χ4v) is 4.63. The summed E-state index contributed by atoms with van der Waals surface area (Å²) >= 11 is 0. The third-order valence-corrected chi connectivity index (χ3v) is 7.11. The Labute approximate surface area is 179 Å². The van der Waals surface area contributed by atoms with Crippen LogP contribution in [0.15, 0.2) is 42.5 Å². The monoisotopic (exact) mass is 418 g/mol. The van der Waals surface area contributed by atoms with Crippen molar-refractivity contribution in [3.63, 3.8) is 0 Å². The Balaban J connectivity index is 0.000000211. The van der Waals surface area contributed by atoms with Gasteiger partial charge in [0.2, 0.25) is 0 Å². The van der Waals surface area contributed by atoms with Crippen molar-refractivity contribution in [3.05, 3.63) is 53.9 Å². The van der Waals surface area contributed by atoms with E-state index in [4.69, 9.17) is 0 Å². The molecule has 1 aromatic heterocycles. The van der Waals surface area contributed by atoms with Crippen LogP contribution >= 0.6 is 0 Å². The normalized spacial score (nSPS) is 21.3. The minimum atomic E-state index is -0.903. The van der Waals surface area contributed by atoms with Gasteiger partial charge in [-0.15, -0.1) is 0 Å². The third kappa shape index (κ3) is 7.40. The molecule has 1 heterocycles. The van der Waals surface area contributed by atoms with Crippen LogP contribution in [0.2, 0.25) is 0 Å². The molecule has 0 saturated heterocycles. The van der Waals surface area contributed by atoms with Gasteiger partial charge in [0.1, 0.15) is 0 Å². The highest BCUT2D eigenvalue weighted by atomic mass is 32.2. The molecule has 29 heavy (non-hydrogen) atoms. The molecule has 2 N–H and O–H groups in total. The minimum Gasteiger partial charge on any atom is -0.393 e. The number of aliphatic hydroxyl groups is 1. The number of para-hydroxylation sites is 1. The maximum absolute atomic E-state index is 11.5. The summed E-state index contributed by atoms with van der Waals surface area (Å²) in [6, 6.07) is 14.7. The number of hydrogen-bond acceptors (Lipinski definition) is 2. The predicted octanol–water partition coefficient (Wildman–Crippen LogP) is 4.93. The molecule has 1 aliphatic carbocycles. The summed E-state index contributed by atoms with van der Waals surface area (Å²) < 4.78 is 16.9. The summed E-state index contributed by atoms with van der Waals surface area (Å²) in [5.74, 6) is 1.23. The van der Waals surface area contributed by atoms with Gasteiger partial charge in [-0.05, 0) is 89.5 Å². The second kappa shape index (κ2) is 11.7. The molecule has 2 unspecified atom stereocenters. The van der Waals surface area contributed by atoms with Gasteiger partial charge in [0.25, 0.3) is 0 Å². The molecule has 162 valence electrons. The van der Waals surface area contributed by atoms with Crippen LogP contribution < -0.4 is 4.72 Å². The van der Waals surface area contributed by atoms with Gasteiger partial charge in [-0.1, -0.05) is 25.1 Å². The Kier molecular flexibility index (Phi) is 9.60. The number of rotatable bonds is 6. The standard InChI is InChI=1S/C12H25NO2S.C12H13N/c1-9(2)16(15)13-8-10(3)11-4-6-12(14)7-5-11;1-10-8-9-11(2)13(10)12-6-4-3-5-7-12/h9-14H,4-8H2,1-3H3;3-9H,1-2H3. The Morgan fingerprint density at radius 3 is 2.07 bits per heavy atom. The molecule has 1 aromatic carbocycles. The first-order valence-corrected chi connectivity index (χ1v) is 12.0. The van der Waals surface area contributed by atoms with Crippen molar-refractivity contribution in [2.45, 2.75) is 71.7 Å². The molecule has 4 nitrogen and oxygen atoms in total. The zero-order valence-corrected chi connectivity index (χ0v) is 19.4. The SMILES string of the molecule is CC(CNS(=O)C(C)C)C1CCC(O)CC1.Cc1ccc(C)n1-c1ccccc1. The number of aliphatic hydroxyl groups excluding tert-OH is 1. The average Bonchev–Trinajstić information content (AvgIpc) is 3.05. The van der Waals surface area contributed by atoms with Gasteiger partial charge in [0.15, 0.2) is 0 Å². The average molecular weight is 419 g/mol. The smallest absolute Gasteiger partial charge is 0.0941 e. The van der Waals surface area contributed by atoms with E-state index < -0.39 is 11.0 Å². The first kappa shape index (κ1) is 23.8. The van der Waals surface area contributed by atoms with Crippen molar-refractivity contribution in [3.8, 4) is 5.69 Å². The summed E-state index contributed by atoms with van der Waals surface area (Å²) in [6.07, 6.45) is 4.00. The van der Waals surface area contributed by atoms with Gasteiger partial charge >= 0.3 is 0 Å². The molecular weight excluding hydrogens is 380 g/mol. The van der Waals surface area contributed by atoms with Crippen molar-refractivity contribution in [2.75, 3.05) is 6.54 Å². The number of hydrogen-bond donors (Lipinski definition) is 2. The summed E-state index contributed by atoms with van der Waals surface area (Å²) in [7, 11) is -0.903. The highest BCUT2D eigenvalue weighted by molar-refractivity contribution is 7.83. The number of nitrogens with one attached hydrogen (secondary N) is 1. The summed E-state index contributed by atoms with van der Waals surface area (Å²) in [6.45, 7) is 11.2. The lowest BCUT2D eigenvalue weighted by molar-refractivity contribution is 0.0943. The number of aryl methyl sites for hydroxylation is 2. The van der Waals surface area contributed by atoms with Crippen LogP contribution in [-0.2, 0) is 11.0 Å². The fraction of sp³-hybridized carbons (Fsp3) is 0.583. The van der Waals surface area contributed by atoms with E-state index in [0.717, 1.165) is 32.2 Å². The zero-order valence-electron chi connectivity index (χ0n) is 18.6. The molecule has 5 heteroatoms. The van der Waals surface area contributed by atoms with Gasteiger partial charge in [-0.3, -0.25) is 0 Å². The molecule has 0 spiro atoms. The lowest BCUT2D eigenvalue weighted by Crippen LogP contribution is -2.33. The van der Waals surface area contributed by atoms with E-state index in [1.165, 1.54) is 17.1 Å². The Hall–Kier alpha value is -1.43. The number of nitrogens with zero attached hydrogens (tertiary/aromatic N) is 1. The Morgan fingerprint density at radius 1 is 1.00 bits per heavy atom. The molecule has 0 bridgehead atoms. The van der Waals surface area contributed by atoms with E-state index >= 15 is 0 Å². The topological polar surface area (TPSA) is 54.3 Å². The number of aromatic nitrogens is 1. The Bertz CT molecular complexity index is 730.